The summed E-state index contributed by atoms with van der Waals surface area (Å²) >= 11 is 0. The molecule has 1 atom stereocenters. The number of rotatable bonds is 5. The van der Waals surface area contributed by atoms with E-state index in [1.165, 1.54) is 25.7 Å². The molecular weight excluding hydrogens is 254 g/mol. The highest BCUT2D eigenvalue weighted by Gasteiger charge is 2.30. The molecule has 2 aliphatic heterocycles. The predicted octanol–water partition coefficient (Wildman–Crippen LogP) is 2.08. The third-order valence-electron chi connectivity index (χ3n) is 4.34. The van der Waals surface area contributed by atoms with E-state index in [0.29, 0.717) is 12.6 Å². The Labute approximate surface area is 122 Å². The van der Waals surface area contributed by atoms with Gasteiger partial charge in [-0.25, -0.2) is 4.79 Å². The molecule has 2 saturated heterocycles. The largest absolute Gasteiger partial charge is 0.450 e. The van der Waals surface area contributed by atoms with Crippen molar-refractivity contribution in [1.82, 2.24) is 15.5 Å². The summed E-state index contributed by atoms with van der Waals surface area (Å²) in [6.45, 7) is 5.91. The van der Waals surface area contributed by atoms with Crippen molar-refractivity contribution in [2.45, 2.75) is 64.1 Å². The van der Waals surface area contributed by atoms with Crippen molar-refractivity contribution in [3.8, 4) is 0 Å². The Bertz CT molecular complexity index is 293. The molecule has 20 heavy (non-hydrogen) atoms. The van der Waals surface area contributed by atoms with E-state index in [1.807, 2.05) is 0 Å². The number of piperidine rings is 2. The monoisotopic (exact) mass is 283 g/mol. The van der Waals surface area contributed by atoms with E-state index in [9.17, 15) is 4.79 Å². The maximum atomic E-state index is 11.8. The molecule has 2 fully saturated rings. The minimum Gasteiger partial charge on any atom is -0.450 e. The molecule has 0 aliphatic carbocycles. The summed E-state index contributed by atoms with van der Waals surface area (Å²) in [6, 6.07) is 0.609. The number of nitrogens with zero attached hydrogens (tertiary/aromatic N) is 1. The average molecular weight is 283 g/mol. The summed E-state index contributed by atoms with van der Waals surface area (Å²) in [7, 11) is 0. The van der Waals surface area contributed by atoms with Crippen molar-refractivity contribution in [2.75, 3.05) is 26.2 Å². The smallest absolute Gasteiger partial charge is 0.408 e. The van der Waals surface area contributed by atoms with Gasteiger partial charge in [-0.1, -0.05) is 13.3 Å². The van der Waals surface area contributed by atoms with Gasteiger partial charge in [0.2, 0.25) is 0 Å². The first-order chi connectivity index (χ1) is 9.81. The van der Waals surface area contributed by atoms with Crippen molar-refractivity contribution >= 4 is 6.09 Å². The molecule has 5 nitrogen and oxygen atoms in total. The van der Waals surface area contributed by atoms with Crippen LogP contribution in [0.1, 0.15) is 51.9 Å². The lowest BCUT2D eigenvalue weighted by Crippen LogP contribution is -2.56. The molecule has 0 aromatic rings. The fraction of sp³-hybridized carbons (Fsp3) is 0.933. The number of carbonyl (C=O) groups excluding carboxylic acids is 1. The number of carbonyl (C=O) groups is 1. The third-order valence-corrected chi connectivity index (χ3v) is 4.34. The van der Waals surface area contributed by atoms with E-state index in [0.717, 1.165) is 38.9 Å². The Kier molecular flexibility index (Phi) is 6.60. The van der Waals surface area contributed by atoms with Crippen LogP contribution in [0.15, 0.2) is 0 Å². The molecule has 2 aliphatic rings. The van der Waals surface area contributed by atoms with Crippen LogP contribution in [-0.4, -0.2) is 49.4 Å². The van der Waals surface area contributed by atoms with Gasteiger partial charge in [0, 0.05) is 12.6 Å². The first-order valence-electron chi connectivity index (χ1n) is 8.21. The molecule has 2 N–H and O–H groups in total. The summed E-state index contributed by atoms with van der Waals surface area (Å²) in [5, 5.41) is 6.47. The highest BCUT2D eigenvalue weighted by molar-refractivity contribution is 5.67. The average Bonchev–Trinajstić information content (AvgIpc) is 2.49. The first kappa shape index (κ1) is 15.6. The zero-order valence-electron chi connectivity index (χ0n) is 12.7. The van der Waals surface area contributed by atoms with Gasteiger partial charge >= 0.3 is 6.09 Å². The van der Waals surface area contributed by atoms with Crippen molar-refractivity contribution in [3.63, 3.8) is 0 Å². The second-order valence-electron chi connectivity index (χ2n) is 5.86. The van der Waals surface area contributed by atoms with E-state index in [4.69, 9.17) is 4.74 Å². The lowest BCUT2D eigenvalue weighted by atomic mass is 9.99. The Morgan fingerprint density at radius 2 is 2.10 bits per heavy atom. The van der Waals surface area contributed by atoms with E-state index in [1.54, 1.807) is 0 Å². The number of alkyl carbamates (subject to hydrolysis) is 1. The molecule has 116 valence electrons. The van der Waals surface area contributed by atoms with Gasteiger partial charge < -0.3 is 15.4 Å². The van der Waals surface area contributed by atoms with Gasteiger partial charge in [-0.2, -0.15) is 0 Å². The lowest BCUT2D eigenvalue weighted by molar-refractivity contribution is 0.0508. The zero-order valence-corrected chi connectivity index (χ0v) is 12.7. The number of amides is 1. The highest BCUT2D eigenvalue weighted by Crippen LogP contribution is 2.22. The Morgan fingerprint density at radius 3 is 2.85 bits per heavy atom. The predicted molar refractivity (Wildman–Crippen MR) is 79.6 cm³/mol. The number of ether oxygens (including phenoxy) is 1. The van der Waals surface area contributed by atoms with E-state index >= 15 is 0 Å². The molecule has 5 heteroatoms. The zero-order chi connectivity index (χ0) is 14.2. The second kappa shape index (κ2) is 8.47. The second-order valence-corrected chi connectivity index (χ2v) is 5.86. The normalized spacial score (nSPS) is 25.4. The Morgan fingerprint density at radius 1 is 1.30 bits per heavy atom. The molecule has 0 spiro atoms. The SMILES string of the molecule is CCCCOC(=O)NC1CCCCN1C1CCNCC1. The van der Waals surface area contributed by atoms with Crippen LogP contribution in [-0.2, 0) is 4.74 Å². The van der Waals surface area contributed by atoms with Crippen LogP contribution in [0.25, 0.3) is 0 Å². The molecule has 1 unspecified atom stereocenters. The molecule has 0 bridgehead atoms. The summed E-state index contributed by atoms with van der Waals surface area (Å²) in [5.74, 6) is 0. The first-order valence-corrected chi connectivity index (χ1v) is 8.21. The van der Waals surface area contributed by atoms with E-state index in [2.05, 4.69) is 22.5 Å². The van der Waals surface area contributed by atoms with Gasteiger partial charge in [-0.3, -0.25) is 4.90 Å². The molecule has 0 aromatic heterocycles. The summed E-state index contributed by atoms with van der Waals surface area (Å²) in [6.07, 6.45) is 7.77. The van der Waals surface area contributed by atoms with Crippen LogP contribution in [0.5, 0.6) is 0 Å². The molecule has 0 radical (unpaired) electrons. The number of hydrogen-bond donors (Lipinski definition) is 2. The van der Waals surface area contributed by atoms with Crippen molar-refractivity contribution < 1.29 is 9.53 Å². The van der Waals surface area contributed by atoms with Crippen molar-refractivity contribution in [1.29, 1.82) is 0 Å². The van der Waals surface area contributed by atoms with Gasteiger partial charge in [0.05, 0.1) is 12.8 Å². The Balaban J connectivity index is 1.81. The van der Waals surface area contributed by atoms with Crippen molar-refractivity contribution in [2.24, 2.45) is 0 Å². The molecule has 1 amide bonds. The summed E-state index contributed by atoms with van der Waals surface area (Å²) < 4.78 is 5.23. The quantitative estimate of drug-likeness (QED) is 0.759. The van der Waals surface area contributed by atoms with Gasteiger partial charge in [-0.15, -0.1) is 0 Å². The third kappa shape index (κ3) is 4.63. The van der Waals surface area contributed by atoms with Crippen LogP contribution in [0.4, 0.5) is 4.79 Å². The summed E-state index contributed by atoms with van der Waals surface area (Å²) in [4.78, 5) is 14.3. The van der Waals surface area contributed by atoms with Gasteiger partial charge in [-0.05, 0) is 51.6 Å². The van der Waals surface area contributed by atoms with E-state index < -0.39 is 0 Å². The fourth-order valence-corrected chi connectivity index (χ4v) is 3.17. The maximum Gasteiger partial charge on any atom is 0.408 e. The van der Waals surface area contributed by atoms with Crippen molar-refractivity contribution in [3.05, 3.63) is 0 Å². The van der Waals surface area contributed by atoms with Crippen LogP contribution >= 0.6 is 0 Å². The lowest BCUT2D eigenvalue weighted by Gasteiger charge is -2.42. The Hall–Kier alpha value is -0.810. The van der Waals surface area contributed by atoms with Gasteiger partial charge in [0.1, 0.15) is 0 Å². The van der Waals surface area contributed by atoms with Crippen LogP contribution in [0.3, 0.4) is 0 Å². The molecule has 2 rings (SSSR count). The molecular formula is C15H29N3O2. The topological polar surface area (TPSA) is 53.6 Å². The molecule has 0 saturated carbocycles. The highest BCUT2D eigenvalue weighted by atomic mass is 16.5. The maximum absolute atomic E-state index is 11.8. The number of likely N-dealkylation sites (tertiary alicyclic amines) is 1. The number of hydrogen-bond acceptors (Lipinski definition) is 4. The minimum absolute atomic E-state index is 0.168. The van der Waals surface area contributed by atoms with Crippen LogP contribution < -0.4 is 10.6 Å². The van der Waals surface area contributed by atoms with Crippen LogP contribution in [0.2, 0.25) is 0 Å². The summed E-state index contributed by atoms with van der Waals surface area (Å²) in [5.41, 5.74) is 0. The number of nitrogens with one attached hydrogen (secondary N) is 2. The fourth-order valence-electron chi connectivity index (χ4n) is 3.17. The standard InChI is InChI=1S/C15H29N3O2/c1-2-3-12-20-15(19)17-14-6-4-5-11-18(14)13-7-9-16-10-8-13/h13-14,16H,2-12H2,1H3,(H,17,19). The van der Waals surface area contributed by atoms with Crippen LogP contribution in [0, 0.1) is 0 Å². The van der Waals surface area contributed by atoms with E-state index in [-0.39, 0.29) is 12.3 Å². The van der Waals surface area contributed by atoms with Gasteiger partial charge in [0.25, 0.3) is 0 Å². The molecule has 2 heterocycles. The molecule has 0 aromatic carbocycles. The van der Waals surface area contributed by atoms with Gasteiger partial charge in [0.15, 0.2) is 0 Å². The number of unbranched alkanes of at least 4 members (excludes halogenated alkanes) is 1. The minimum atomic E-state index is -0.246.